The number of nitriles is 1. The largest absolute Gasteiger partial charge is 0.381 e. The van der Waals surface area contributed by atoms with E-state index in [2.05, 4.69) is 4.98 Å². The zero-order chi connectivity index (χ0) is 13.9. The maximum atomic E-state index is 12.5. The third-order valence-electron chi connectivity index (χ3n) is 3.24. The minimum Gasteiger partial charge on any atom is -0.381 e. The summed E-state index contributed by atoms with van der Waals surface area (Å²) in [4.78, 5) is 3.76. The van der Waals surface area contributed by atoms with Gasteiger partial charge in [0.2, 0.25) is 10.0 Å². The van der Waals surface area contributed by atoms with Crippen LogP contribution in [0.15, 0.2) is 23.2 Å². The highest BCUT2D eigenvalue weighted by Gasteiger charge is 2.31. The number of rotatable bonds is 3. The van der Waals surface area contributed by atoms with E-state index in [1.54, 1.807) is 7.05 Å². The summed E-state index contributed by atoms with van der Waals surface area (Å²) in [5.74, 6) is 0. The molecule has 0 radical (unpaired) electrons. The number of nitrogens with zero attached hydrogens (tertiary/aromatic N) is 3. The van der Waals surface area contributed by atoms with E-state index in [4.69, 9.17) is 10.00 Å². The Morgan fingerprint density at radius 3 is 2.79 bits per heavy atom. The van der Waals surface area contributed by atoms with Gasteiger partial charge in [0.1, 0.15) is 11.0 Å². The van der Waals surface area contributed by atoms with Crippen molar-refractivity contribution in [3.63, 3.8) is 0 Å². The molecule has 0 atom stereocenters. The van der Waals surface area contributed by atoms with Crippen molar-refractivity contribution < 1.29 is 13.2 Å². The van der Waals surface area contributed by atoms with Crippen LogP contribution in [-0.2, 0) is 14.8 Å². The maximum Gasteiger partial charge on any atom is 0.245 e. The molecule has 1 aliphatic rings. The van der Waals surface area contributed by atoms with Gasteiger partial charge in [0, 0.05) is 32.5 Å². The molecule has 0 bridgehead atoms. The summed E-state index contributed by atoms with van der Waals surface area (Å²) in [5.41, 5.74) is -0.0681. The Labute approximate surface area is 112 Å². The fourth-order valence-corrected chi connectivity index (χ4v) is 3.59. The molecule has 0 unspecified atom stereocenters. The lowest BCUT2D eigenvalue weighted by molar-refractivity contribution is 0.0632. The normalized spacial score (nSPS) is 17.3. The van der Waals surface area contributed by atoms with E-state index in [-0.39, 0.29) is 16.6 Å². The molecule has 102 valence electrons. The van der Waals surface area contributed by atoms with Gasteiger partial charge >= 0.3 is 0 Å². The highest BCUT2D eigenvalue weighted by atomic mass is 32.2. The fourth-order valence-electron chi connectivity index (χ4n) is 2.08. The van der Waals surface area contributed by atoms with Gasteiger partial charge in [-0.05, 0) is 25.0 Å². The molecule has 0 spiro atoms. The molecule has 2 heterocycles. The van der Waals surface area contributed by atoms with Crippen LogP contribution >= 0.6 is 0 Å². The van der Waals surface area contributed by atoms with Crippen molar-refractivity contribution in [3.8, 4) is 6.07 Å². The summed E-state index contributed by atoms with van der Waals surface area (Å²) >= 11 is 0. The van der Waals surface area contributed by atoms with Crippen molar-refractivity contribution in [1.82, 2.24) is 9.29 Å². The SMILES string of the molecule is CN(C1CCOCC1)S(=O)(=O)c1cccnc1C#N. The number of hydrogen-bond donors (Lipinski definition) is 0. The Morgan fingerprint density at radius 1 is 1.47 bits per heavy atom. The molecule has 1 saturated heterocycles. The van der Waals surface area contributed by atoms with Crippen molar-refractivity contribution >= 4 is 10.0 Å². The molecule has 1 aromatic rings. The number of pyridine rings is 1. The van der Waals surface area contributed by atoms with Crippen LogP contribution < -0.4 is 0 Å². The monoisotopic (exact) mass is 281 g/mol. The van der Waals surface area contributed by atoms with Crippen LogP contribution in [0.3, 0.4) is 0 Å². The molecular weight excluding hydrogens is 266 g/mol. The van der Waals surface area contributed by atoms with Crippen LogP contribution in [0, 0.1) is 11.3 Å². The summed E-state index contributed by atoms with van der Waals surface area (Å²) in [6.45, 7) is 1.12. The third-order valence-corrected chi connectivity index (χ3v) is 5.18. The van der Waals surface area contributed by atoms with Crippen LogP contribution in [-0.4, -0.2) is 44.0 Å². The van der Waals surface area contributed by atoms with Gasteiger partial charge in [0.05, 0.1) is 0 Å². The van der Waals surface area contributed by atoms with Crippen molar-refractivity contribution in [1.29, 1.82) is 5.26 Å². The quantitative estimate of drug-likeness (QED) is 0.816. The van der Waals surface area contributed by atoms with E-state index in [9.17, 15) is 8.42 Å². The third kappa shape index (κ3) is 2.76. The molecule has 19 heavy (non-hydrogen) atoms. The van der Waals surface area contributed by atoms with E-state index in [0.717, 1.165) is 0 Å². The Kier molecular flexibility index (Phi) is 4.14. The molecule has 7 heteroatoms. The van der Waals surface area contributed by atoms with Crippen molar-refractivity contribution in [2.75, 3.05) is 20.3 Å². The summed E-state index contributed by atoms with van der Waals surface area (Å²) in [7, 11) is -2.15. The first-order valence-corrected chi connectivity index (χ1v) is 7.42. The molecule has 0 aromatic carbocycles. The van der Waals surface area contributed by atoms with Gasteiger partial charge in [-0.3, -0.25) is 0 Å². The second-order valence-corrected chi connectivity index (χ2v) is 6.29. The first kappa shape index (κ1) is 13.9. The average Bonchev–Trinajstić information content (AvgIpc) is 2.47. The molecule has 1 aromatic heterocycles. The molecule has 0 amide bonds. The summed E-state index contributed by atoms with van der Waals surface area (Å²) < 4.78 is 31.6. The second-order valence-electron chi connectivity index (χ2n) is 4.33. The van der Waals surface area contributed by atoms with Crippen LogP contribution in [0.4, 0.5) is 0 Å². The zero-order valence-corrected chi connectivity index (χ0v) is 11.4. The number of ether oxygens (including phenoxy) is 1. The summed E-state index contributed by atoms with van der Waals surface area (Å²) in [6.07, 6.45) is 2.74. The fraction of sp³-hybridized carbons (Fsp3) is 0.500. The van der Waals surface area contributed by atoms with E-state index in [1.165, 1.54) is 22.6 Å². The molecule has 2 rings (SSSR count). The zero-order valence-electron chi connectivity index (χ0n) is 10.6. The second kappa shape index (κ2) is 5.65. The van der Waals surface area contributed by atoms with E-state index < -0.39 is 10.0 Å². The molecule has 1 fully saturated rings. The van der Waals surface area contributed by atoms with Gasteiger partial charge < -0.3 is 4.74 Å². The van der Waals surface area contributed by atoms with Gasteiger partial charge in [0.15, 0.2) is 5.69 Å². The van der Waals surface area contributed by atoms with Gasteiger partial charge in [-0.1, -0.05) is 0 Å². The van der Waals surface area contributed by atoms with Gasteiger partial charge in [-0.2, -0.15) is 9.57 Å². The summed E-state index contributed by atoms with van der Waals surface area (Å²) in [6, 6.07) is 4.66. The number of hydrogen-bond acceptors (Lipinski definition) is 5. The van der Waals surface area contributed by atoms with Gasteiger partial charge in [-0.15, -0.1) is 0 Å². The predicted octanol–water partition coefficient (Wildman–Crippen LogP) is 0.753. The molecule has 0 aliphatic carbocycles. The Morgan fingerprint density at radius 2 is 2.16 bits per heavy atom. The molecule has 0 saturated carbocycles. The lowest BCUT2D eigenvalue weighted by Crippen LogP contribution is -2.40. The highest BCUT2D eigenvalue weighted by Crippen LogP contribution is 2.23. The lowest BCUT2D eigenvalue weighted by atomic mass is 10.1. The molecule has 1 aliphatic heterocycles. The molecule has 6 nitrogen and oxygen atoms in total. The predicted molar refractivity (Wildman–Crippen MR) is 67.7 cm³/mol. The minimum absolute atomic E-state index is 0.0357. The molecule has 0 N–H and O–H groups in total. The topological polar surface area (TPSA) is 83.3 Å². The molecular formula is C12H15N3O3S. The highest BCUT2D eigenvalue weighted by molar-refractivity contribution is 7.89. The summed E-state index contributed by atoms with van der Waals surface area (Å²) in [5, 5.41) is 8.96. The number of sulfonamides is 1. The van der Waals surface area contributed by atoms with Crippen LogP contribution in [0.25, 0.3) is 0 Å². The van der Waals surface area contributed by atoms with E-state index in [0.29, 0.717) is 26.1 Å². The van der Waals surface area contributed by atoms with Crippen LogP contribution in [0.5, 0.6) is 0 Å². The Hall–Kier alpha value is -1.49. The van der Waals surface area contributed by atoms with Gasteiger partial charge in [0.25, 0.3) is 0 Å². The van der Waals surface area contributed by atoms with Crippen LogP contribution in [0.1, 0.15) is 18.5 Å². The average molecular weight is 281 g/mol. The first-order chi connectivity index (χ1) is 9.07. The Bertz CT molecular complexity index is 588. The lowest BCUT2D eigenvalue weighted by Gasteiger charge is -2.30. The first-order valence-electron chi connectivity index (χ1n) is 5.98. The smallest absolute Gasteiger partial charge is 0.245 e. The standard InChI is InChI=1S/C12H15N3O3S/c1-15(10-4-7-18-8-5-10)19(16,17)12-3-2-6-14-11(12)9-13/h2-3,6,10H,4-5,7-8H2,1H3. The van der Waals surface area contributed by atoms with Crippen molar-refractivity contribution in [2.45, 2.75) is 23.8 Å². The van der Waals surface area contributed by atoms with Crippen LogP contribution in [0.2, 0.25) is 0 Å². The Balaban J connectivity index is 2.34. The van der Waals surface area contributed by atoms with Gasteiger partial charge in [-0.25, -0.2) is 13.4 Å². The van der Waals surface area contributed by atoms with Crippen molar-refractivity contribution in [3.05, 3.63) is 24.0 Å². The van der Waals surface area contributed by atoms with E-state index >= 15 is 0 Å². The maximum absolute atomic E-state index is 12.5. The number of aromatic nitrogens is 1. The van der Waals surface area contributed by atoms with Crippen molar-refractivity contribution in [2.24, 2.45) is 0 Å². The van der Waals surface area contributed by atoms with E-state index in [1.807, 2.05) is 6.07 Å². The minimum atomic E-state index is -3.69.